The molecule has 0 N–H and O–H groups in total. The molecule has 14 heavy (non-hydrogen) atoms. The summed E-state index contributed by atoms with van der Waals surface area (Å²) >= 11 is 6.05. The number of anilines is 1. The average Bonchev–Trinajstić information content (AvgIpc) is 2.61. The molecule has 0 aliphatic rings. The molecule has 0 spiro atoms. The van der Waals surface area contributed by atoms with Gasteiger partial charge in [-0.1, -0.05) is 18.2 Å². The van der Waals surface area contributed by atoms with Crippen LogP contribution in [0.5, 0.6) is 0 Å². The molecule has 0 saturated carbocycles. The fourth-order valence-corrected chi connectivity index (χ4v) is 2.83. The van der Waals surface area contributed by atoms with Gasteiger partial charge in [-0.05, 0) is 6.07 Å². The number of nitrogens with zero attached hydrogens (tertiary/aromatic N) is 1. The Morgan fingerprint density at radius 2 is 2.14 bits per heavy atom. The summed E-state index contributed by atoms with van der Waals surface area (Å²) in [6.07, 6.45) is 0. The van der Waals surface area contributed by atoms with Gasteiger partial charge in [0.1, 0.15) is 0 Å². The van der Waals surface area contributed by atoms with Crippen molar-refractivity contribution in [3.8, 4) is 0 Å². The molecule has 2 aromatic rings. The van der Waals surface area contributed by atoms with E-state index < -0.39 is 0 Å². The molecule has 0 fully saturated rings. The van der Waals surface area contributed by atoms with Crippen molar-refractivity contribution in [1.29, 1.82) is 0 Å². The SMILES string of the molecule is CN(CCS)c1csc2ccccc12. The molecule has 0 aliphatic heterocycles. The molecule has 0 saturated heterocycles. The fraction of sp³-hybridized carbons (Fsp3) is 0.273. The lowest BCUT2D eigenvalue weighted by molar-refractivity contribution is 0.989. The van der Waals surface area contributed by atoms with Crippen LogP contribution in [0.4, 0.5) is 5.69 Å². The van der Waals surface area contributed by atoms with Crippen molar-refractivity contribution in [3.63, 3.8) is 0 Å². The lowest BCUT2D eigenvalue weighted by atomic mass is 10.2. The monoisotopic (exact) mass is 223 g/mol. The first-order valence-corrected chi connectivity index (χ1v) is 6.12. The second-order valence-corrected chi connectivity index (χ2v) is 4.62. The summed E-state index contributed by atoms with van der Waals surface area (Å²) in [4.78, 5) is 2.26. The summed E-state index contributed by atoms with van der Waals surface area (Å²) in [5, 5.41) is 3.57. The second kappa shape index (κ2) is 4.24. The summed E-state index contributed by atoms with van der Waals surface area (Å²) in [6.45, 7) is 0.990. The standard InChI is InChI=1S/C11H13NS2/c1-12(6-7-13)10-8-14-11-5-3-2-4-9(10)11/h2-5,8,13H,6-7H2,1H3. The average molecular weight is 223 g/mol. The van der Waals surface area contributed by atoms with Gasteiger partial charge in [0.2, 0.25) is 0 Å². The van der Waals surface area contributed by atoms with Gasteiger partial charge in [-0.3, -0.25) is 0 Å². The molecule has 0 radical (unpaired) electrons. The van der Waals surface area contributed by atoms with E-state index in [4.69, 9.17) is 0 Å². The first-order valence-electron chi connectivity index (χ1n) is 4.61. The van der Waals surface area contributed by atoms with Crippen LogP contribution in [-0.4, -0.2) is 19.3 Å². The molecule has 74 valence electrons. The number of benzene rings is 1. The Kier molecular flexibility index (Phi) is 2.99. The van der Waals surface area contributed by atoms with E-state index in [0.717, 1.165) is 12.3 Å². The molecule has 1 heterocycles. The highest BCUT2D eigenvalue weighted by atomic mass is 32.1. The van der Waals surface area contributed by atoms with Gasteiger partial charge in [0, 0.05) is 34.8 Å². The molecule has 1 nitrogen and oxygen atoms in total. The predicted molar refractivity (Wildman–Crippen MR) is 68.9 cm³/mol. The van der Waals surface area contributed by atoms with E-state index in [9.17, 15) is 0 Å². The van der Waals surface area contributed by atoms with Crippen molar-refractivity contribution in [2.24, 2.45) is 0 Å². The molecule has 1 aromatic carbocycles. The number of hydrogen-bond donors (Lipinski definition) is 1. The summed E-state index contributed by atoms with van der Waals surface area (Å²) in [5.41, 5.74) is 1.32. The number of hydrogen-bond acceptors (Lipinski definition) is 3. The summed E-state index contributed by atoms with van der Waals surface area (Å²) in [5.74, 6) is 0.890. The zero-order chi connectivity index (χ0) is 9.97. The predicted octanol–water partition coefficient (Wildman–Crippen LogP) is 3.27. The Labute approximate surface area is 93.8 Å². The quantitative estimate of drug-likeness (QED) is 0.782. The highest BCUT2D eigenvalue weighted by Gasteiger charge is 2.06. The Bertz CT molecular complexity index is 422. The third kappa shape index (κ3) is 1.74. The van der Waals surface area contributed by atoms with Crippen LogP contribution in [0, 0.1) is 0 Å². The van der Waals surface area contributed by atoms with Crippen LogP contribution in [0.2, 0.25) is 0 Å². The van der Waals surface area contributed by atoms with Gasteiger partial charge in [-0.25, -0.2) is 0 Å². The minimum Gasteiger partial charge on any atom is -0.373 e. The maximum Gasteiger partial charge on any atom is 0.0552 e. The van der Waals surface area contributed by atoms with Crippen molar-refractivity contribution < 1.29 is 0 Å². The number of fused-ring (bicyclic) bond motifs is 1. The molecule has 0 amide bonds. The number of rotatable bonds is 3. The smallest absolute Gasteiger partial charge is 0.0552 e. The number of thiol groups is 1. The Hall–Kier alpha value is -0.670. The van der Waals surface area contributed by atoms with E-state index in [0.29, 0.717) is 0 Å². The van der Waals surface area contributed by atoms with Gasteiger partial charge in [-0.2, -0.15) is 12.6 Å². The molecule has 1 aromatic heterocycles. The van der Waals surface area contributed by atoms with E-state index in [1.165, 1.54) is 15.8 Å². The fourth-order valence-electron chi connectivity index (χ4n) is 1.53. The van der Waals surface area contributed by atoms with Crippen LogP contribution < -0.4 is 4.90 Å². The minimum absolute atomic E-state index is 0.890. The maximum atomic E-state index is 4.25. The van der Waals surface area contributed by atoms with E-state index in [1.807, 2.05) is 0 Å². The van der Waals surface area contributed by atoms with Gasteiger partial charge in [0.25, 0.3) is 0 Å². The molecule has 0 bridgehead atoms. The van der Waals surface area contributed by atoms with Crippen LogP contribution >= 0.6 is 24.0 Å². The first-order chi connectivity index (χ1) is 6.83. The van der Waals surface area contributed by atoms with E-state index in [1.54, 1.807) is 11.3 Å². The molecule has 0 aliphatic carbocycles. The zero-order valence-corrected chi connectivity index (χ0v) is 9.81. The van der Waals surface area contributed by atoms with Crippen molar-refractivity contribution in [2.75, 3.05) is 24.2 Å². The lowest BCUT2D eigenvalue weighted by Crippen LogP contribution is -2.18. The van der Waals surface area contributed by atoms with Crippen LogP contribution in [0.3, 0.4) is 0 Å². The van der Waals surface area contributed by atoms with Gasteiger partial charge < -0.3 is 4.90 Å². The zero-order valence-electron chi connectivity index (χ0n) is 8.10. The maximum absolute atomic E-state index is 4.25. The molecular weight excluding hydrogens is 210 g/mol. The summed E-state index contributed by atoms with van der Waals surface area (Å²) < 4.78 is 1.36. The third-order valence-corrected chi connectivity index (χ3v) is 3.46. The largest absolute Gasteiger partial charge is 0.373 e. The lowest BCUT2D eigenvalue weighted by Gasteiger charge is -2.16. The van der Waals surface area contributed by atoms with Crippen molar-refractivity contribution in [3.05, 3.63) is 29.6 Å². The van der Waals surface area contributed by atoms with Crippen LogP contribution in [0.1, 0.15) is 0 Å². The van der Waals surface area contributed by atoms with Gasteiger partial charge in [0.15, 0.2) is 0 Å². The summed E-state index contributed by atoms with van der Waals surface area (Å²) in [7, 11) is 2.12. The van der Waals surface area contributed by atoms with Crippen LogP contribution in [0.25, 0.3) is 10.1 Å². The van der Waals surface area contributed by atoms with E-state index >= 15 is 0 Å². The topological polar surface area (TPSA) is 3.24 Å². The normalized spacial score (nSPS) is 10.7. The summed E-state index contributed by atoms with van der Waals surface area (Å²) in [6, 6.07) is 8.52. The van der Waals surface area contributed by atoms with Crippen molar-refractivity contribution in [2.45, 2.75) is 0 Å². The van der Waals surface area contributed by atoms with E-state index in [-0.39, 0.29) is 0 Å². The number of thiophene rings is 1. The molecule has 2 rings (SSSR count). The highest BCUT2D eigenvalue weighted by molar-refractivity contribution is 7.80. The highest BCUT2D eigenvalue weighted by Crippen LogP contribution is 2.31. The first kappa shape index (κ1) is 9.87. The Morgan fingerprint density at radius 1 is 1.36 bits per heavy atom. The second-order valence-electron chi connectivity index (χ2n) is 3.26. The Morgan fingerprint density at radius 3 is 2.93 bits per heavy atom. The molecular formula is C11H13NS2. The molecule has 0 unspecified atom stereocenters. The van der Waals surface area contributed by atoms with Gasteiger partial charge in [-0.15, -0.1) is 11.3 Å². The van der Waals surface area contributed by atoms with Gasteiger partial charge in [0.05, 0.1) is 5.69 Å². The van der Waals surface area contributed by atoms with E-state index in [2.05, 4.69) is 54.2 Å². The van der Waals surface area contributed by atoms with Crippen LogP contribution in [-0.2, 0) is 0 Å². The van der Waals surface area contributed by atoms with Gasteiger partial charge >= 0.3 is 0 Å². The third-order valence-electron chi connectivity index (χ3n) is 2.31. The van der Waals surface area contributed by atoms with Crippen LogP contribution in [0.15, 0.2) is 29.6 Å². The van der Waals surface area contributed by atoms with Crippen molar-refractivity contribution >= 4 is 39.7 Å². The Balaban J connectivity index is 2.42. The van der Waals surface area contributed by atoms with Crippen molar-refractivity contribution in [1.82, 2.24) is 0 Å². The molecule has 0 atom stereocenters. The minimum atomic E-state index is 0.890. The molecule has 3 heteroatoms.